The summed E-state index contributed by atoms with van der Waals surface area (Å²) in [6.07, 6.45) is 3.67. The van der Waals surface area contributed by atoms with E-state index in [-0.39, 0.29) is 0 Å². The maximum atomic E-state index is 5.63. The SMILES string of the molecule is CC(C)c1noc(CN2CCCC(CCN)C2)n1. The van der Waals surface area contributed by atoms with Crippen LogP contribution in [0.3, 0.4) is 0 Å². The first kappa shape index (κ1) is 13.5. The summed E-state index contributed by atoms with van der Waals surface area (Å²) in [6, 6.07) is 0. The van der Waals surface area contributed by atoms with Crippen LogP contribution in [0.4, 0.5) is 0 Å². The maximum absolute atomic E-state index is 5.63. The molecule has 1 aliphatic rings. The molecule has 1 atom stereocenters. The summed E-state index contributed by atoms with van der Waals surface area (Å²) in [5, 5.41) is 4.00. The molecular formula is C13H24N4O. The summed E-state index contributed by atoms with van der Waals surface area (Å²) in [6.45, 7) is 7.95. The molecule has 0 amide bonds. The largest absolute Gasteiger partial charge is 0.338 e. The lowest BCUT2D eigenvalue weighted by molar-refractivity contribution is 0.146. The van der Waals surface area contributed by atoms with Crippen molar-refractivity contribution in [2.24, 2.45) is 11.7 Å². The van der Waals surface area contributed by atoms with Crippen molar-refractivity contribution in [2.75, 3.05) is 19.6 Å². The lowest BCUT2D eigenvalue weighted by atomic mass is 9.95. The van der Waals surface area contributed by atoms with Gasteiger partial charge in [-0.3, -0.25) is 4.90 Å². The van der Waals surface area contributed by atoms with E-state index in [1.165, 1.54) is 12.8 Å². The number of nitrogens with zero attached hydrogens (tertiary/aromatic N) is 3. The van der Waals surface area contributed by atoms with Gasteiger partial charge in [0.05, 0.1) is 6.54 Å². The number of piperidine rings is 1. The number of aromatic nitrogens is 2. The lowest BCUT2D eigenvalue weighted by Crippen LogP contribution is -2.35. The van der Waals surface area contributed by atoms with Gasteiger partial charge in [0.15, 0.2) is 5.82 Å². The van der Waals surface area contributed by atoms with Gasteiger partial charge in [0.25, 0.3) is 0 Å². The van der Waals surface area contributed by atoms with Gasteiger partial charge in [0, 0.05) is 12.5 Å². The minimum Gasteiger partial charge on any atom is -0.338 e. The second-order valence-electron chi connectivity index (χ2n) is 5.52. The summed E-state index contributed by atoms with van der Waals surface area (Å²) >= 11 is 0. The van der Waals surface area contributed by atoms with Crippen molar-refractivity contribution in [2.45, 2.75) is 45.6 Å². The van der Waals surface area contributed by atoms with Crippen molar-refractivity contribution in [3.8, 4) is 0 Å². The van der Waals surface area contributed by atoms with E-state index in [1.54, 1.807) is 0 Å². The third-order valence-electron chi connectivity index (χ3n) is 3.54. The monoisotopic (exact) mass is 252 g/mol. The molecule has 1 fully saturated rings. The molecule has 1 saturated heterocycles. The van der Waals surface area contributed by atoms with Crippen LogP contribution in [0.5, 0.6) is 0 Å². The molecule has 0 spiro atoms. The molecule has 1 aliphatic heterocycles. The first-order chi connectivity index (χ1) is 8.69. The number of hydrogen-bond donors (Lipinski definition) is 1. The van der Waals surface area contributed by atoms with Crippen LogP contribution >= 0.6 is 0 Å². The van der Waals surface area contributed by atoms with Gasteiger partial charge >= 0.3 is 0 Å². The molecule has 102 valence electrons. The fraction of sp³-hybridized carbons (Fsp3) is 0.846. The fourth-order valence-corrected chi connectivity index (χ4v) is 2.52. The van der Waals surface area contributed by atoms with E-state index in [2.05, 4.69) is 28.9 Å². The number of rotatable bonds is 5. The molecule has 5 nitrogen and oxygen atoms in total. The Morgan fingerprint density at radius 1 is 1.50 bits per heavy atom. The van der Waals surface area contributed by atoms with Crippen LogP contribution in [-0.2, 0) is 6.54 Å². The van der Waals surface area contributed by atoms with E-state index in [9.17, 15) is 0 Å². The molecule has 5 heteroatoms. The molecule has 0 saturated carbocycles. The highest BCUT2D eigenvalue weighted by Gasteiger charge is 2.21. The van der Waals surface area contributed by atoms with Crippen LogP contribution in [0, 0.1) is 5.92 Å². The van der Waals surface area contributed by atoms with E-state index in [0.29, 0.717) is 5.92 Å². The Bertz CT molecular complexity index is 362. The Balaban J connectivity index is 1.87. The zero-order valence-electron chi connectivity index (χ0n) is 11.4. The number of hydrogen-bond acceptors (Lipinski definition) is 5. The summed E-state index contributed by atoms with van der Waals surface area (Å²) in [5.41, 5.74) is 5.63. The highest BCUT2D eigenvalue weighted by Crippen LogP contribution is 2.20. The molecule has 1 aromatic heterocycles. The standard InChI is InChI=1S/C13H24N4O/c1-10(2)13-15-12(18-16-13)9-17-7-3-4-11(8-17)5-6-14/h10-11H,3-9,14H2,1-2H3. The molecule has 18 heavy (non-hydrogen) atoms. The van der Waals surface area contributed by atoms with Crippen LogP contribution < -0.4 is 5.73 Å². The van der Waals surface area contributed by atoms with Crippen LogP contribution in [0.2, 0.25) is 0 Å². The average Bonchev–Trinajstić information content (AvgIpc) is 2.78. The zero-order valence-corrected chi connectivity index (χ0v) is 11.4. The van der Waals surface area contributed by atoms with Crippen molar-refractivity contribution in [3.63, 3.8) is 0 Å². The normalized spacial score (nSPS) is 21.7. The Morgan fingerprint density at radius 2 is 2.33 bits per heavy atom. The van der Waals surface area contributed by atoms with E-state index < -0.39 is 0 Å². The van der Waals surface area contributed by atoms with Gasteiger partial charge in [0.1, 0.15) is 0 Å². The molecule has 1 aromatic rings. The second-order valence-corrected chi connectivity index (χ2v) is 5.52. The Labute approximate surface area is 109 Å². The van der Waals surface area contributed by atoms with Gasteiger partial charge in [-0.15, -0.1) is 0 Å². The molecule has 1 unspecified atom stereocenters. The Morgan fingerprint density at radius 3 is 3.00 bits per heavy atom. The van der Waals surface area contributed by atoms with Gasteiger partial charge in [-0.2, -0.15) is 4.98 Å². The van der Waals surface area contributed by atoms with Crippen LogP contribution in [0.15, 0.2) is 4.52 Å². The molecule has 0 aromatic carbocycles. The highest BCUT2D eigenvalue weighted by atomic mass is 16.5. The highest BCUT2D eigenvalue weighted by molar-refractivity contribution is 4.92. The molecule has 0 bridgehead atoms. The Kier molecular flexibility index (Phi) is 4.72. The van der Waals surface area contributed by atoms with Gasteiger partial charge in [-0.1, -0.05) is 19.0 Å². The number of likely N-dealkylation sites (tertiary alicyclic amines) is 1. The first-order valence-electron chi connectivity index (χ1n) is 6.94. The third kappa shape index (κ3) is 3.53. The third-order valence-corrected chi connectivity index (χ3v) is 3.54. The predicted octanol–water partition coefficient (Wildman–Crippen LogP) is 1.75. The van der Waals surface area contributed by atoms with E-state index >= 15 is 0 Å². The molecule has 0 radical (unpaired) electrons. The summed E-state index contributed by atoms with van der Waals surface area (Å²) in [7, 11) is 0. The second kappa shape index (κ2) is 6.29. The van der Waals surface area contributed by atoms with Gasteiger partial charge in [-0.05, 0) is 38.3 Å². The smallest absolute Gasteiger partial charge is 0.240 e. The quantitative estimate of drug-likeness (QED) is 0.864. The molecule has 2 heterocycles. The van der Waals surface area contributed by atoms with Crippen molar-refractivity contribution >= 4 is 0 Å². The van der Waals surface area contributed by atoms with Gasteiger partial charge in [0.2, 0.25) is 5.89 Å². The maximum Gasteiger partial charge on any atom is 0.240 e. The molecule has 2 rings (SSSR count). The summed E-state index contributed by atoms with van der Waals surface area (Å²) in [5.74, 6) is 2.61. The van der Waals surface area contributed by atoms with E-state index in [1.807, 2.05) is 0 Å². The fourth-order valence-electron chi connectivity index (χ4n) is 2.52. The Hall–Kier alpha value is -0.940. The molecular weight excluding hydrogens is 228 g/mol. The lowest BCUT2D eigenvalue weighted by Gasteiger charge is -2.31. The van der Waals surface area contributed by atoms with Crippen molar-refractivity contribution in [3.05, 3.63) is 11.7 Å². The molecule has 2 N–H and O–H groups in total. The first-order valence-corrected chi connectivity index (χ1v) is 6.94. The number of nitrogens with two attached hydrogens (primary N) is 1. The van der Waals surface area contributed by atoms with Crippen molar-refractivity contribution < 1.29 is 4.52 Å². The van der Waals surface area contributed by atoms with Gasteiger partial charge < -0.3 is 10.3 Å². The zero-order chi connectivity index (χ0) is 13.0. The average molecular weight is 252 g/mol. The summed E-state index contributed by atoms with van der Waals surface area (Å²) in [4.78, 5) is 6.83. The summed E-state index contributed by atoms with van der Waals surface area (Å²) < 4.78 is 5.30. The topological polar surface area (TPSA) is 68.2 Å². The molecule has 0 aliphatic carbocycles. The van der Waals surface area contributed by atoms with Crippen molar-refractivity contribution in [1.82, 2.24) is 15.0 Å². The van der Waals surface area contributed by atoms with Crippen LogP contribution in [-0.4, -0.2) is 34.7 Å². The van der Waals surface area contributed by atoms with Crippen LogP contribution in [0.25, 0.3) is 0 Å². The predicted molar refractivity (Wildman–Crippen MR) is 70.1 cm³/mol. The van der Waals surface area contributed by atoms with Gasteiger partial charge in [-0.25, -0.2) is 0 Å². The van der Waals surface area contributed by atoms with E-state index in [4.69, 9.17) is 10.3 Å². The van der Waals surface area contributed by atoms with Crippen LogP contribution in [0.1, 0.15) is 50.7 Å². The minimum atomic E-state index is 0.328. The van der Waals surface area contributed by atoms with Crippen molar-refractivity contribution in [1.29, 1.82) is 0 Å². The minimum absolute atomic E-state index is 0.328. The van der Waals surface area contributed by atoms with E-state index in [0.717, 1.165) is 50.2 Å².